The molecule has 0 aliphatic heterocycles. The van der Waals surface area contributed by atoms with Crippen molar-refractivity contribution in [2.24, 2.45) is 11.8 Å². The summed E-state index contributed by atoms with van der Waals surface area (Å²) in [5.41, 5.74) is 2.70. The summed E-state index contributed by atoms with van der Waals surface area (Å²) in [6.45, 7) is 1.54. The Morgan fingerprint density at radius 3 is 1.67 bits per heavy atom. The summed E-state index contributed by atoms with van der Waals surface area (Å²) in [5.74, 6) is -2.26. The number of benzene rings is 3. The third-order valence-corrected chi connectivity index (χ3v) is 6.11. The van der Waals surface area contributed by atoms with Crippen LogP contribution in [0, 0.1) is 11.8 Å². The fraction of sp³-hybridized carbons (Fsp3) is 0.192. The van der Waals surface area contributed by atoms with E-state index in [1.165, 1.54) is 6.92 Å². The molecule has 1 aliphatic carbocycles. The lowest BCUT2D eigenvalue weighted by Crippen LogP contribution is -2.50. The minimum absolute atomic E-state index is 0.0243. The van der Waals surface area contributed by atoms with Gasteiger partial charge >= 0.3 is 5.97 Å². The number of carboxylic acid groups (broad SMARTS) is 1. The van der Waals surface area contributed by atoms with Gasteiger partial charge in [0.15, 0.2) is 5.78 Å². The molecule has 1 fully saturated rings. The molecular formula is C26H22O4. The number of carboxylic acids is 1. The summed E-state index contributed by atoms with van der Waals surface area (Å²) < 4.78 is 0. The van der Waals surface area contributed by atoms with Gasteiger partial charge in [-0.25, -0.2) is 4.79 Å². The lowest BCUT2D eigenvalue weighted by Gasteiger charge is -2.51. The zero-order chi connectivity index (χ0) is 21.3. The molecule has 0 aromatic heterocycles. The second-order valence-corrected chi connectivity index (χ2v) is 7.78. The van der Waals surface area contributed by atoms with Crippen LogP contribution < -0.4 is 0 Å². The Morgan fingerprint density at radius 2 is 1.13 bits per heavy atom. The summed E-state index contributed by atoms with van der Waals surface area (Å²) in [6, 6.07) is 25.5. The molecule has 2 unspecified atom stereocenters. The van der Waals surface area contributed by atoms with Gasteiger partial charge in [-0.05, 0) is 30.2 Å². The van der Waals surface area contributed by atoms with Crippen molar-refractivity contribution in [1.82, 2.24) is 0 Å². The number of ketones is 2. The van der Waals surface area contributed by atoms with Crippen molar-refractivity contribution < 1.29 is 19.5 Å². The van der Waals surface area contributed by atoms with Crippen molar-refractivity contribution in [3.05, 3.63) is 107 Å². The quantitative estimate of drug-likeness (QED) is 0.595. The Kier molecular flexibility index (Phi) is 5.32. The number of carbonyl (C=O) groups excluding carboxylic acids is 2. The number of hydrogen-bond donors (Lipinski definition) is 1. The maximum atomic E-state index is 13.4. The molecule has 4 heteroatoms. The van der Waals surface area contributed by atoms with Crippen LogP contribution in [0.4, 0.5) is 0 Å². The van der Waals surface area contributed by atoms with E-state index in [1.54, 1.807) is 36.4 Å². The molecule has 150 valence electrons. The maximum Gasteiger partial charge on any atom is 0.335 e. The van der Waals surface area contributed by atoms with Crippen LogP contribution in [0.3, 0.4) is 0 Å². The molecule has 0 saturated heterocycles. The summed E-state index contributed by atoms with van der Waals surface area (Å²) in [7, 11) is 0. The molecule has 30 heavy (non-hydrogen) atoms. The van der Waals surface area contributed by atoms with Gasteiger partial charge < -0.3 is 5.11 Å². The number of aromatic carboxylic acids is 1. The summed E-state index contributed by atoms with van der Waals surface area (Å²) in [5, 5.41) is 9.20. The van der Waals surface area contributed by atoms with Crippen LogP contribution >= 0.6 is 0 Å². The van der Waals surface area contributed by atoms with Gasteiger partial charge in [0.2, 0.25) is 0 Å². The third kappa shape index (κ3) is 3.45. The average molecular weight is 398 g/mol. The Labute approximate surface area is 175 Å². The molecule has 1 N–H and O–H groups in total. The first-order valence-corrected chi connectivity index (χ1v) is 9.97. The fourth-order valence-electron chi connectivity index (χ4n) is 4.73. The van der Waals surface area contributed by atoms with Crippen molar-refractivity contribution in [2.75, 3.05) is 0 Å². The van der Waals surface area contributed by atoms with Crippen LogP contribution in [0.25, 0.3) is 0 Å². The Balaban J connectivity index is 1.79. The van der Waals surface area contributed by atoms with Gasteiger partial charge in [-0.1, -0.05) is 72.8 Å². The van der Waals surface area contributed by atoms with E-state index >= 15 is 0 Å². The number of Topliss-reactive ketones (excluding diaryl/α,β-unsaturated/α-hetero) is 2. The van der Waals surface area contributed by atoms with E-state index in [0.717, 1.165) is 11.1 Å². The van der Waals surface area contributed by atoms with Gasteiger partial charge in [-0.15, -0.1) is 0 Å². The molecule has 4 nitrogen and oxygen atoms in total. The summed E-state index contributed by atoms with van der Waals surface area (Å²) in [4.78, 5) is 37.3. The highest BCUT2D eigenvalue weighted by Crippen LogP contribution is 2.59. The van der Waals surface area contributed by atoms with Crippen molar-refractivity contribution >= 4 is 17.5 Å². The van der Waals surface area contributed by atoms with E-state index in [1.807, 2.05) is 48.5 Å². The molecule has 1 saturated carbocycles. The highest BCUT2D eigenvalue weighted by atomic mass is 16.4. The van der Waals surface area contributed by atoms with E-state index in [4.69, 9.17) is 0 Å². The Bertz CT molecular complexity index is 1070. The molecule has 0 amide bonds. The normalized spacial score (nSPS) is 22.7. The predicted molar refractivity (Wildman–Crippen MR) is 114 cm³/mol. The zero-order valence-electron chi connectivity index (χ0n) is 16.6. The van der Waals surface area contributed by atoms with Crippen LogP contribution in [-0.4, -0.2) is 22.6 Å². The summed E-state index contributed by atoms with van der Waals surface area (Å²) in [6.07, 6.45) is 0. The van der Waals surface area contributed by atoms with Crippen LogP contribution in [-0.2, 0) is 4.79 Å². The van der Waals surface area contributed by atoms with Crippen LogP contribution in [0.2, 0.25) is 0 Å². The van der Waals surface area contributed by atoms with Crippen molar-refractivity contribution in [1.29, 1.82) is 0 Å². The Morgan fingerprint density at radius 1 is 0.633 bits per heavy atom. The van der Waals surface area contributed by atoms with Crippen molar-refractivity contribution in [3.63, 3.8) is 0 Å². The van der Waals surface area contributed by atoms with Crippen LogP contribution in [0.5, 0.6) is 0 Å². The molecule has 4 rings (SSSR count). The highest BCUT2D eigenvalue weighted by molar-refractivity contribution is 6.03. The van der Waals surface area contributed by atoms with Gasteiger partial charge in [0, 0.05) is 29.2 Å². The van der Waals surface area contributed by atoms with E-state index in [-0.39, 0.29) is 29.0 Å². The largest absolute Gasteiger partial charge is 0.478 e. The minimum atomic E-state index is -0.991. The first-order valence-electron chi connectivity index (χ1n) is 9.97. The monoisotopic (exact) mass is 398 g/mol. The average Bonchev–Trinajstić information content (AvgIpc) is 2.74. The lowest BCUT2D eigenvalue weighted by atomic mass is 9.50. The minimum Gasteiger partial charge on any atom is -0.478 e. The molecule has 4 atom stereocenters. The molecule has 0 bridgehead atoms. The smallest absolute Gasteiger partial charge is 0.335 e. The van der Waals surface area contributed by atoms with Crippen molar-refractivity contribution in [2.45, 2.75) is 18.8 Å². The van der Waals surface area contributed by atoms with Gasteiger partial charge in [-0.2, -0.15) is 0 Å². The molecule has 0 radical (unpaired) electrons. The molecule has 3 aromatic rings. The standard InChI is InChI=1S/C26H22O4/c1-16(27)21-22(18-12-14-20(15-13-18)26(29)30)23(17-8-4-2-5-9-17)24(21)25(28)19-10-6-3-7-11-19/h2-15,21-24H,1H3,(H,29,30)/t21?,22?,23-,24-/m0/s1. The Hall–Kier alpha value is -3.53. The number of carbonyl (C=O) groups is 3. The lowest BCUT2D eigenvalue weighted by molar-refractivity contribution is -0.127. The maximum absolute atomic E-state index is 13.4. The van der Waals surface area contributed by atoms with Gasteiger partial charge in [-0.3, -0.25) is 9.59 Å². The predicted octanol–water partition coefficient (Wildman–Crippen LogP) is 4.97. The first kappa shape index (κ1) is 19.8. The van der Waals surface area contributed by atoms with Crippen LogP contribution in [0.1, 0.15) is 50.6 Å². The van der Waals surface area contributed by atoms with E-state index < -0.39 is 17.8 Å². The first-order chi connectivity index (χ1) is 14.5. The summed E-state index contributed by atoms with van der Waals surface area (Å²) >= 11 is 0. The van der Waals surface area contributed by atoms with Crippen LogP contribution in [0.15, 0.2) is 84.9 Å². The molecule has 3 aromatic carbocycles. The van der Waals surface area contributed by atoms with Gasteiger partial charge in [0.05, 0.1) is 5.56 Å². The van der Waals surface area contributed by atoms with Gasteiger partial charge in [0.25, 0.3) is 0 Å². The number of rotatable bonds is 6. The second kappa shape index (κ2) is 8.07. The SMILES string of the molecule is CC(=O)C1C(c2ccc(C(=O)O)cc2)[C@H](c2ccccc2)[C@H]1C(=O)c1ccccc1. The third-order valence-electron chi connectivity index (χ3n) is 6.11. The van der Waals surface area contributed by atoms with Crippen molar-refractivity contribution in [3.8, 4) is 0 Å². The molecular weight excluding hydrogens is 376 g/mol. The fourth-order valence-corrected chi connectivity index (χ4v) is 4.73. The highest BCUT2D eigenvalue weighted by Gasteiger charge is 2.56. The van der Waals surface area contributed by atoms with E-state index in [0.29, 0.717) is 5.56 Å². The second-order valence-electron chi connectivity index (χ2n) is 7.78. The number of hydrogen-bond acceptors (Lipinski definition) is 3. The molecule has 0 heterocycles. The zero-order valence-corrected chi connectivity index (χ0v) is 16.6. The topological polar surface area (TPSA) is 71.4 Å². The molecule has 1 aliphatic rings. The van der Waals surface area contributed by atoms with Gasteiger partial charge in [0.1, 0.15) is 5.78 Å². The van der Waals surface area contributed by atoms with E-state index in [9.17, 15) is 19.5 Å². The molecule has 0 spiro atoms. The van der Waals surface area contributed by atoms with E-state index in [2.05, 4.69) is 0 Å².